The van der Waals surface area contributed by atoms with Crippen molar-refractivity contribution in [1.29, 1.82) is 0 Å². The summed E-state index contributed by atoms with van der Waals surface area (Å²) in [6.07, 6.45) is 6.53. The maximum Gasteiger partial charge on any atom is 0.332 e. The zero-order valence-electron chi connectivity index (χ0n) is 9.46. The van der Waals surface area contributed by atoms with Gasteiger partial charge in [0.25, 0.3) is 0 Å². The first kappa shape index (κ1) is 12.2. The molecule has 1 aliphatic rings. The van der Waals surface area contributed by atoms with E-state index in [4.69, 9.17) is 5.11 Å². The molecule has 0 aromatic heterocycles. The third-order valence-electron chi connectivity index (χ3n) is 3.30. The van der Waals surface area contributed by atoms with Crippen LogP contribution in [0.25, 0.3) is 0 Å². The third kappa shape index (κ3) is 4.04. The number of hydrogen-bond acceptors (Lipinski definition) is 2. The van der Waals surface area contributed by atoms with Gasteiger partial charge in [0.15, 0.2) is 0 Å². The van der Waals surface area contributed by atoms with Gasteiger partial charge in [-0.15, -0.1) is 0 Å². The van der Waals surface area contributed by atoms with Crippen molar-refractivity contribution >= 4 is 5.97 Å². The average Bonchev–Trinajstić information content (AvgIpc) is 2.26. The van der Waals surface area contributed by atoms with Gasteiger partial charge in [-0.1, -0.05) is 25.8 Å². The molecule has 1 aliphatic carbocycles. The van der Waals surface area contributed by atoms with Crippen molar-refractivity contribution in [2.45, 2.75) is 45.1 Å². The fourth-order valence-electron chi connectivity index (χ4n) is 2.16. The van der Waals surface area contributed by atoms with Crippen LogP contribution < -0.4 is 5.32 Å². The van der Waals surface area contributed by atoms with Gasteiger partial charge in [0.1, 0.15) is 0 Å². The van der Waals surface area contributed by atoms with Gasteiger partial charge in [-0.3, -0.25) is 0 Å². The Balaban J connectivity index is 2.25. The standard InChI is InChI=1S/C12H21NO2/c1-9(12(14)15)8-13-10(2)11-6-4-3-5-7-11/h10-11,13H,1,3-8H2,2H3,(H,14,15). The molecular weight excluding hydrogens is 190 g/mol. The van der Waals surface area contributed by atoms with E-state index < -0.39 is 5.97 Å². The Morgan fingerprint density at radius 1 is 1.47 bits per heavy atom. The van der Waals surface area contributed by atoms with Crippen molar-refractivity contribution < 1.29 is 9.90 Å². The molecule has 1 saturated carbocycles. The highest BCUT2D eigenvalue weighted by atomic mass is 16.4. The molecule has 3 heteroatoms. The summed E-state index contributed by atoms with van der Waals surface area (Å²) in [5.41, 5.74) is 0.248. The number of hydrogen-bond donors (Lipinski definition) is 2. The van der Waals surface area contributed by atoms with Crippen LogP contribution in [0.4, 0.5) is 0 Å². The van der Waals surface area contributed by atoms with Crippen LogP contribution in [0, 0.1) is 5.92 Å². The molecule has 0 saturated heterocycles. The zero-order valence-corrected chi connectivity index (χ0v) is 9.46. The van der Waals surface area contributed by atoms with E-state index in [1.54, 1.807) is 0 Å². The predicted octanol–water partition coefficient (Wildman–Crippen LogP) is 2.19. The Labute approximate surface area is 91.6 Å². The van der Waals surface area contributed by atoms with Crippen LogP contribution in [0.3, 0.4) is 0 Å². The van der Waals surface area contributed by atoms with E-state index in [9.17, 15) is 4.79 Å². The number of aliphatic carboxylic acids is 1. The molecule has 86 valence electrons. The van der Waals surface area contributed by atoms with Crippen LogP contribution in [0.2, 0.25) is 0 Å². The molecule has 1 unspecified atom stereocenters. The van der Waals surface area contributed by atoms with E-state index in [0.29, 0.717) is 18.5 Å². The van der Waals surface area contributed by atoms with Gasteiger partial charge in [0.05, 0.1) is 0 Å². The first-order chi connectivity index (χ1) is 7.11. The molecule has 15 heavy (non-hydrogen) atoms. The molecule has 2 N–H and O–H groups in total. The van der Waals surface area contributed by atoms with Crippen molar-refractivity contribution in [3.8, 4) is 0 Å². The van der Waals surface area contributed by atoms with Gasteiger partial charge >= 0.3 is 5.97 Å². The number of carboxylic acids is 1. The van der Waals surface area contributed by atoms with Crippen LogP contribution in [0.1, 0.15) is 39.0 Å². The van der Waals surface area contributed by atoms with Gasteiger partial charge in [0.2, 0.25) is 0 Å². The summed E-state index contributed by atoms with van der Waals surface area (Å²) in [4.78, 5) is 10.5. The van der Waals surface area contributed by atoms with Gasteiger partial charge < -0.3 is 10.4 Å². The Kier molecular flexibility index (Phi) is 4.82. The summed E-state index contributed by atoms with van der Waals surface area (Å²) in [5.74, 6) is -0.196. The fraction of sp³-hybridized carbons (Fsp3) is 0.750. The molecule has 0 aromatic carbocycles. The van der Waals surface area contributed by atoms with E-state index in [0.717, 1.165) is 0 Å². The molecule has 0 spiro atoms. The second-order valence-corrected chi connectivity index (χ2v) is 4.48. The van der Waals surface area contributed by atoms with Crippen molar-refractivity contribution in [3.63, 3.8) is 0 Å². The molecular formula is C12H21NO2. The molecule has 0 amide bonds. The first-order valence-electron chi connectivity index (χ1n) is 5.75. The van der Waals surface area contributed by atoms with Gasteiger partial charge in [-0.2, -0.15) is 0 Å². The second-order valence-electron chi connectivity index (χ2n) is 4.48. The number of carboxylic acid groups (broad SMARTS) is 1. The van der Waals surface area contributed by atoms with Crippen molar-refractivity contribution in [2.75, 3.05) is 6.54 Å². The van der Waals surface area contributed by atoms with E-state index in [1.165, 1.54) is 32.1 Å². The van der Waals surface area contributed by atoms with E-state index >= 15 is 0 Å². The minimum atomic E-state index is -0.904. The monoisotopic (exact) mass is 211 g/mol. The molecule has 0 radical (unpaired) electrons. The Morgan fingerprint density at radius 3 is 2.60 bits per heavy atom. The third-order valence-corrected chi connectivity index (χ3v) is 3.30. The summed E-state index contributed by atoms with van der Waals surface area (Å²) in [7, 11) is 0. The Hall–Kier alpha value is -0.830. The van der Waals surface area contributed by atoms with E-state index in [-0.39, 0.29) is 5.57 Å². The second kappa shape index (κ2) is 5.91. The number of rotatable bonds is 5. The largest absolute Gasteiger partial charge is 0.478 e. The highest BCUT2D eigenvalue weighted by Gasteiger charge is 2.19. The molecule has 0 aliphatic heterocycles. The van der Waals surface area contributed by atoms with Crippen LogP contribution in [-0.4, -0.2) is 23.7 Å². The molecule has 1 atom stereocenters. The average molecular weight is 211 g/mol. The lowest BCUT2D eigenvalue weighted by Crippen LogP contribution is -2.36. The van der Waals surface area contributed by atoms with Gasteiger partial charge in [-0.05, 0) is 25.7 Å². The lowest BCUT2D eigenvalue weighted by molar-refractivity contribution is -0.132. The van der Waals surface area contributed by atoms with Crippen LogP contribution in [-0.2, 0) is 4.79 Å². The van der Waals surface area contributed by atoms with Gasteiger partial charge in [0, 0.05) is 18.2 Å². The predicted molar refractivity (Wildman–Crippen MR) is 60.8 cm³/mol. The van der Waals surface area contributed by atoms with Crippen molar-refractivity contribution in [1.82, 2.24) is 5.32 Å². The Bertz CT molecular complexity index is 232. The topological polar surface area (TPSA) is 49.3 Å². The minimum absolute atomic E-state index is 0.248. The highest BCUT2D eigenvalue weighted by molar-refractivity contribution is 5.86. The number of carbonyl (C=O) groups is 1. The molecule has 1 fully saturated rings. The maximum absolute atomic E-state index is 10.5. The van der Waals surface area contributed by atoms with Crippen LogP contribution in [0.15, 0.2) is 12.2 Å². The zero-order chi connectivity index (χ0) is 11.3. The summed E-state index contributed by atoms with van der Waals surface area (Å²) in [6.45, 7) is 6.05. The quantitative estimate of drug-likeness (QED) is 0.685. The molecule has 0 heterocycles. The SMILES string of the molecule is C=C(CNC(C)C1CCCCC1)C(=O)O. The summed E-state index contributed by atoms with van der Waals surface area (Å²) < 4.78 is 0. The minimum Gasteiger partial charge on any atom is -0.478 e. The fourth-order valence-corrected chi connectivity index (χ4v) is 2.16. The summed E-state index contributed by atoms with van der Waals surface area (Å²) in [6, 6.07) is 0.404. The van der Waals surface area contributed by atoms with Crippen molar-refractivity contribution in [2.24, 2.45) is 5.92 Å². The van der Waals surface area contributed by atoms with Crippen LogP contribution >= 0.6 is 0 Å². The maximum atomic E-state index is 10.5. The molecule has 3 nitrogen and oxygen atoms in total. The number of nitrogens with one attached hydrogen (secondary N) is 1. The molecule has 0 aromatic rings. The van der Waals surface area contributed by atoms with E-state index in [1.807, 2.05) is 0 Å². The lowest BCUT2D eigenvalue weighted by atomic mass is 9.84. The normalized spacial score (nSPS) is 19.8. The van der Waals surface area contributed by atoms with Crippen LogP contribution in [0.5, 0.6) is 0 Å². The Morgan fingerprint density at radius 2 is 2.07 bits per heavy atom. The van der Waals surface area contributed by atoms with Crippen molar-refractivity contribution in [3.05, 3.63) is 12.2 Å². The molecule has 1 rings (SSSR count). The lowest BCUT2D eigenvalue weighted by Gasteiger charge is -2.28. The first-order valence-corrected chi connectivity index (χ1v) is 5.75. The van der Waals surface area contributed by atoms with Gasteiger partial charge in [-0.25, -0.2) is 4.79 Å². The smallest absolute Gasteiger partial charge is 0.332 e. The van der Waals surface area contributed by atoms with E-state index in [2.05, 4.69) is 18.8 Å². The molecule has 0 bridgehead atoms. The highest BCUT2D eigenvalue weighted by Crippen LogP contribution is 2.26. The summed E-state index contributed by atoms with van der Waals surface area (Å²) in [5, 5.41) is 11.9. The summed E-state index contributed by atoms with van der Waals surface area (Å²) >= 11 is 0.